The lowest BCUT2D eigenvalue weighted by atomic mass is 10.0. The first kappa shape index (κ1) is 70.7. The van der Waals surface area contributed by atoms with Gasteiger partial charge >= 0.3 is 0 Å². The Balaban J connectivity index is 0.000000182. The Morgan fingerprint density at radius 2 is 0.922 bits per heavy atom. The molecule has 38 heteroatoms. The number of carbonyl (C=O) groups is 2. The number of sulfonamides is 2. The highest BCUT2D eigenvalue weighted by Crippen LogP contribution is 2.70. The van der Waals surface area contributed by atoms with Crippen molar-refractivity contribution in [3.05, 3.63) is 208 Å². The van der Waals surface area contributed by atoms with E-state index < -0.39 is 162 Å². The lowest BCUT2D eigenvalue weighted by Crippen LogP contribution is -2.37. The van der Waals surface area contributed by atoms with Gasteiger partial charge in [-0.2, -0.15) is 27.8 Å². The Hall–Kier alpha value is -9.68. The summed E-state index contributed by atoms with van der Waals surface area (Å²) in [6.45, 7) is -1.66. The van der Waals surface area contributed by atoms with Gasteiger partial charge in [0.2, 0.25) is 31.9 Å². The SMILES string of the molecule is Cn1nc(NS(C)(=O)=O)c2c(Cl)ccc(-n3c(C(Cc4cc(F)cc(F)c4)NC(=O)Cn4cc(C(F)F)c5c4C(F)(F)[C@@H]4C[C@H]54)nccc3=O)c21.Cn1nc(NS(C)(=O)=O)c2c(Cl)ccc(-n3c([C@H](Cc4cc(F)cc(F)c4)NC(=O)Cn4cc(C(F)F)c5c4C(F)(F)[C@@H]4C[C@H]54)nccc3=O)c21. The van der Waals surface area contributed by atoms with Crippen LogP contribution in [0.1, 0.15) is 106 Å². The van der Waals surface area contributed by atoms with Gasteiger partial charge in [-0.15, -0.1) is 0 Å². The summed E-state index contributed by atoms with van der Waals surface area (Å²) in [6.07, 6.45) is -1.07. The van der Waals surface area contributed by atoms with E-state index >= 15 is 17.6 Å². The van der Waals surface area contributed by atoms with Crippen LogP contribution in [0.25, 0.3) is 33.2 Å². The Morgan fingerprint density at radius 1 is 0.569 bits per heavy atom. The van der Waals surface area contributed by atoms with E-state index in [9.17, 15) is 71.1 Å². The Kier molecular flexibility index (Phi) is 17.8. The fourth-order valence-corrected chi connectivity index (χ4v) is 15.5. The van der Waals surface area contributed by atoms with Crippen molar-refractivity contribution in [3.63, 3.8) is 0 Å². The lowest BCUT2D eigenvalue weighted by Gasteiger charge is -2.23. The van der Waals surface area contributed by atoms with Crippen molar-refractivity contribution in [1.82, 2.24) is 58.4 Å². The molecule has 2 fully saturated rings. The third kappa shape index (κ3) is 13.1. The molecule has 4 aromatic carbocycles. The number of alkyl halides is 8. The number of fused-ring (bicyclic) bond motifs is 8. The zero-order valence-electron chi connectivity index (χ0n) is 52.9. The summed E-state index contributed by atoms with van der Waals surface area (Å²) in [4.78, 5) is 63.2. The van der Waals surface area contributed by atoms with Gasteiger partial charge in [0, 0.05) is 99.0 Å². The average molecular weight is 1510 g/mol. The highest BCUT2D eigenvalue weighted by molar-refractivity contribution is 7.92. The zero-order valence-corrected chi connectivity index (χ0v) is 56.1. The number of carbonyl (C=O) groups excluding carboxylic acids is 2. The molecule has 2 amide bonds. The number of nitrogens with zero attached hydrogens (tertiary/aromatic N) is 10. The third-order valence-corrected chi connectivity index (χ3v) is 19.7. The summed E-state index contributed by atoms with van der Waals surface area (Å²) in [5.74, 6) is -17.0. The number of hydrogen-bond donors (Lipinski definition) is 4. The molecule has 0 saturated heterocycles. The summed E-state index contributed by atoms with van der Waals surface area (Å²) in [6, 6.07) is 10.1. The molecule has 0 spiro atoms. The van der Waals surface area contributed by atoms with Crippen molar-refractivity contribution < 1.29 is 79.1 Å². The maximum absolute atomic E-state index is 15.2. The topological polar surface area (TPSA) is 266 Å². The molecule has 22 nitrogen and oxygen atoms in total. The van der Waals surface area contributed by atoms with E-state index in [-0.39, 0.29) is 114 Å². The monoisotopic (exact) mass is 1510 g/mol. The first-order valence-corrected chi connectivity index (χ1v) is 35.1. The van der Waals surface area contributed by atoms with Crippen LogP contribution in [0.15, 0.2) is 107 Å². The molecule has 102 heavy (non-hydrogen) atoms. The molecule has 14 rings (SSSR count). The average Bonchev–Trinajstić information content (AvgIpc) is 1.52. The molecule has 4 N–H and O–H groups in total. The summed E-state index contributed by atoms with van der Waals surface area (Å²) in [7, 11) is -4.77. The van der Waals surface area contributed by atoms with Crippen LogP contribution in [0.3, 0.4) is 0 Å². The maximum Gasteiger partial charge on any atom is 0.291 e. The minimum Gasteiger partial charge on any atom is -0.344 e. The third-order valence-electron chi connectivity index (χ3n) is 17.9. The number of halogens is 14. The standard InChI is InChI=1S/2C32H26ClF6N7O4S/c2*1-44-27-22(4-3-20(33)26(27)30(42-44)43-51(2,49)50)46-24(48)5-6-40-31(46)21(9-14-7-15(34)10-16(35)8-14)41-23(47)13-45-12-18(29(36)37)25-17-11-19(17)32(38,39)28(25)45/h2*3-8,10,12,17,19,21,29H,9,11,13H2,1-2H3,(H,41,47)(H,42,43)/t17-,19+,21?;17-,19+,21-/m00/s1. The van der Waals surface area contributed by atoms with Gasteiger partial charge in [0.25, 0.3) is 35.8 Å². The Morgan fingerprint density at radius 3 is 1.25 bits per heavy atom. The molecule has 6 heterocycles. The van der Waals surface area contributed by atoms with Crippen LogP contribution in [0.5, 0.6) is 0 Å². The molecule has 0 bridgehead atoms. The van der Waals surface area contributed by atoms with Crippen LogP contribution in [0.2, 0.25) is 10.0 Å². The van der Waals surface area contributed by atoms with Crippen molar-refractivity contribution in [3.8, 4) is 11.4 Å². The van der Waals surface area contributed by atoms with Gasteiger partial charge in [0.15, 0.2) is 11.6 Å². The molecule has 536 valence electrons. The Labute approximate surface area is 578 Å². The molecule has 10 aromatic rings. The van der Waals surface area contributed by atoms with Gasteiger partial charge < -0.3 is 19.8 Å². The molecule has 0 aliphatic heterocycles. The molecular weight excluding hydrogens is 1460 g/mol. The van der Waals surface area contributed by atoms with E-state index in [1.54, 1.807) is 0 Å². The number of aromatic nitrogens is 10. The lowest BCUT2D eigenvalue weighted by molar-refractivity contribution is -0.123. The smallest absolute Gasteiger partial charge is 0.291 e. The normalized spacial score (nSPS) is 18.2. The van der Waals surface area contributed by atoms with Crippen molar-refractivity contribution in [2.24, 2.45) is 25.9 Å². The van der Waals surface area contributed by atoms with Crippen LogP contribution >= 0.6 is 23.2 Å². The second-order valence-electron chi connectivity index (χ2n) is 25.1. The highest BCUT2D eigenvalue weighted by Gasteiger charge is 2.67. The van der Waals surface area contributed by atoms with E-state index in [4.69, 9.17) is 23.2 Å². The first-order chi connectivity index (χ1) is 47.9. The van der Waals surface area contributed by atoms with Gasteiger partial charge in [-0.25, -0.2) is 61.9 Å². The predicted octanol–water partition coefficient (Wildman–Crippen LogP) is 10.9. The first-order valence-electron chi connectivity index (χ1n) is 30.6. The number of hydrogen-bond acceptors (Lipinski definition) is 12. The second-order valence-corrected chi connectivity index (χ2v) is 29.4. The summed E-state index contributed by atoms with van der Waals surface area (Å²) in [5, 5.41) is 13.9. The summed E-state index contributed by atoms with van der Waals surface area (Å²) >= 11 is 12.9. The molecule has 4 aliphatic carbocycles. The van der Waals surface area contributed by atoms with E-state index in [0.717, 1.165) is 92.0 Å². The minimum absolute atomic E-state index is 0.0114. The van der Waals surface area contributed by atoms with Crippen LogP contribution in [0.4, 0.5) is 64.3 Å². The van der Waals surface area contributed by atoms with Gasteiger partial charge in [0.1, 0.15) is 48.0 Å². The minimum atomic E-state index is -3.84. The van der Waals surface area contributed by atoms with Gasteiger partial charge in [0.05, 0.1) is 79.2 Å². The van der Waals surface area contributed by atoms with Crippen molar-refractivity contribution in [1.29, 1.82) is 0 Å². The largest absolute Gasteiger partial charge is 0.344 e. The number of nitrogens with one attached hydrogen (secondary N) is 4. The predicted molar refractivity (Wildman–Crippen MR) is 345 cm³/mol. The number of aryl methyl sites for hydroxylation is 2. The van der Waals surface area contributed by atoms with Gasteiger partial charge in [-0.05, 0) is 95.5 Å². The van der Waals surface area contributed by atoms with E-state index in [1.165, 1.54) is 47.7 Å². The van der Waals surface area contributed by atoms with Crippen LogP contribution in [-0.4, -0.2) is 89.0 Å². The van der Waals surface area contributed by atoms with E-state index in [0.29, 0.717) is 12.1 Å². The maximum atomic E-state index is 15.2. The fraction of sp³-hybridized carbons (Fsp3) is 0.312. The molecule has 6 atom stereocenters. The summed E-state index contributed by atoms with van der Waals surface area (Å²) in [5.41, 5.74) is -3.79. The van der Waals surface area contributed by atoms with Gasteiger partial charge in [-0.3, -0.25) is 47.1 Å². The van der Waals surface area contributed by atoms with Crippen LogP contribution in [0, 0.1) is 35.1 Å². The Bertz CT molecular complexity index is 5160. The van der Waals surface area contributed by atoms with Crippen molar-refractivity contribution in [2.75, 3.05) is 22.0 Å². The van der Waals surface area contributed by atoms with E-state index in [1.807, 2.05) is 0 Å². The molecule has 4 aliphatic rings. The molecule has 6 aromatic heterocycles. The molecular formula is C64H52Cl2F12N14O8S2. The second kappa shape index (κ2) is 25.7. The highest BCUT2D eigenvalue weighted by atomic mass is 35.5. The summed E-state index contributed by atoms with van der Waals surface area (Å²) < 4.78 is 233. The quantitative estimate of drug-likeness (QED) is 0.0519. The molecule has 0 radical (unpaired) electrons. The number of benzene rings is 4. The fourth-order valence-electron chi connectivity index (χ4n) is 14.0. The van der Waals surface area contributed by atoms with Crippen molar-refractivity contribution >= 4 is 88.5 Å². The van der Waals surface area contributed by atoms with Crippen LogP contribution < -0.4 is 31.2 Å². The molecule has 1 unspecified atom stereocenters. The number of anilines is 2. The van der Waals surface area contributed by atoms with Gasteiger partial charge in [-0.1, -0.05) is 23.2 Å². The van der Waals surface area contributed by atoms with Crippen LogP contribution in [-0.2, 0) is 81.5 Å². The number of rotatable bonds is 20. The van der Waals surface area contributed by atoms with E-state index in [2.05, 4.69) is 40.2 Å². The number of amides is 2. The van der Waals surface area contributed by atoms with Crippen molar-refractivity contribution in [2.45, 2.75) is 87.4 Å². The molecule has 2 saturated carbocycles. The zero-order chi connectivity index (χ0) is 73.5.